The summed E-state index contributed by atoms with van der Waals surface area (Å²) in [5.74, 6) is -0.00432. The molecule has 0 saturated heterocycles. The highest BCUT2D eigenvalue weighted by atomic mass is 31.2. The molecule has 0 aliphatic carbocycles. The van der Waals surface area contributed by atoms with Gasteiger partial charge in [-0.15, -0.1) is 0 Å². The summed E-state index contributed by atoms with van der Waals surface area (Å²) in [6.45, 7) is 14.9. The van der Waals surface area contributed by atoms with E-state index in [1.54, 1.807) is 20.8 Å². The van der Waals surface area contributed by atoms with Gasteiger partial charge in [-0.25, -0.2) is 8.99 Å². The summed E-state index contributed by atoms with van der Waals surface area (Å²) >= 11 is 0. The standard InChI is InChI=1S/C57H78BFN7O8P/c1-38(2)30-33-72-48-28-26-41-20-11-13-22-44(41)51(48)52-45-23-14-12-21-42(45)27-29-49(52)73-37-50(67)64-46(24-15-16-31-62-56(70)74-57(5,6)7)54(69)65-47(25-17-32-61-55(60)66-75(58)59)53(68)63-43(34-39(3)4)36-71-35-40-18-9-8-10-19-40/h8-14,18-23,26-29,38-39,43,46-47H,15-17,24-25,30-37,58H2,1-7H3,(H,62,70)(H,63,68)(H,64,67)(H,65,69)(H3,60,61,66)/t43-,46+,47+,75?/m0/s1. The molecule has 0 bridgehead atoms. The van der Waals surface area contributed by atoms with Crippen LogP contribution in [0.2, 0.25) is 0 Å². The highest BCUT2D eigenvalue weighted by Gasteiger charge is 2.29. The second kappa shape index (κ2) is 30.2. The molecule has 0 saturated carbocycles. The maximum Gasteiger partial charge on any atom is 0.407 e. The van der Waals surface area contributed by atoms with Gasteiger partial charge in [0.05, 0.1) is 25.9 Å². The van der Waals surface area contributed by atoms with Gasteiger partial charge >= 0.3 is 6.09 Å². The van der Waals surface area contributed by atoms with Crippen LogP contribution < -0.4 is 41.1 Å². The molecule has 0 spiro atoms. The summed E-state index contributed by atoms with van der Waals surface area (Å²) in [5.41, 5.74) is 1.91. The number of guanidine groups is 1. The molecular formula is C57H78BFN7O8P. The number of hydrogen-bond acceptors (Lipinski definition) is 9. The van der Waals surface area contributed by atoms with Crippen LogP contribution in [0.3, 0.4) is 0 Å². The lowest BCUT2D eigenvalue weighted by molar-refractivity contribution is -0.133. The molecule has 15 nitrogen and oxygen atoms in total. The second-order valence-electron chi connectivity index (χ2n) is 20.6. The minimum Gasteiger partial charge on any atom is -0.493 e. The SMILES string of the molecule is BP(F)NC(=N)NCCC[C@@H](NC(=O)[C@@H](CCCCNC(=O)OC(C)(C)C)NC(=O)COc1ccc2ccccc2c1-c1c(OCCC(C)C)ccc2ccccc12)C(=O)N[C@H](COCc1ccccc1)CC(C)C. The molecule has 0 aliphatic heterocycles. The van der Waals surface area contributed by atoms with Crippen LogP contribution in [-0.4, -0.2) is 94.0 Å². The summed E-state index contributed by atoms with van der Waals surface area (Å²) in [7, 11) is -0.720. The number of unbranched alkanes of at least 4 members (excludes halogenated alkanes) is 1. The Labute approximate surface area is 444 Å². The van der Waals surface area contributed by atoms with E-state index in [1.165, 1.54) is 7.57 Å². The van der Waals surface area contributed by atoms with E-state index in [4.69, 9.17) is 24.4 Å². The average Bonchev–Trinajstić information content (AvgIpc) is 3.35. The Kier molecular flexibility index (Phi) is 23.9. The third-order valence-electron chi connectivity index (χ3n) is 12.0. The van der Waals surface area contributed by atoms with E-state index < -0.39 is 56.4 Å². The molecule has 0 heterocycles. The first kappa shape index (κ1) is 59.4. The van der Waals surface area contributed by atoms with Gasteiger partial charge in [0.15, 0.2) is 12.6 Å². The number of carbonyl (C=O) groups excluding carboxylic acids is 4. The highest BCUT2D eigenvalue weighted by molar-refractivity contribution is 7.76. The molecule has 7 N–H and O–H groups in total. The van der Waals surface area contributed by atoms with Crippen molar-refractivity contribution in [3.05, 3.63) is 109 Å². The number of amides is 4. The molecule has 5 aromatic rings. The molecule has 4 atom stereocenters. The number of alkyl carbamates (subject to hydrolysis) is 1. The Morgan fingerprint density at radius 3 is 1.85 bits per heavy atom. The smallest absolute Gasteiger partial charge is 0.407 e. The fraction of sp³-hybridized carbons (Fsp3) is 0.456. The topological polar surface area (TPSA) is 201 Å². The van der Waals surface area contributed by atoms with E-state index in [9.17, 15) is 23.4 Å². The molecule has 5 aromatic carbocycles. The zero-order valence-electron chi connectivity index (χ0n) is 45.0. The van der Waals surface area contributed by atoms with E-state index in [-0.39, 0.29) is 50.5 Å². The van der Waals surface area contributed by atoms with Crippen LogP contribution in [0.5, 0.6) is 11.5 Å². The fourth-order valence-corrected chi connectivity index (χ4v) is 8.86. The molecule has 0 fully saturated rings. The van der Waals surface area contributed by atoms with Crippen molar-refractivity contribution < 1.29 is 42.3 Å². The number of fused-ring (bicyclic) bond motifs is 2. The molecule has 1 unspecified atom stereocenters. The number of ether oxygens (including phenoxy) is 4. The summed E-state index contributed by atoms with van der Waals surface area (Å²) < 4.78 is 38.1. The first-order valence-electron chi connectivity index (χ1n) is 26.1. The van der Waals surface area contributed by atoms with Crippen molar-refractivity contribution in [1.82, 2.24) is 31.7 Å². The van der Waals surface area contributed by atoms with Gasteiger partial charge in [-0.2, -0.15) is 0 Å². The van der Waals surface area contributed by atoms with E-state index >= 15 is 0 Å². The first-order valence-corrected chi connectivity index (χ1v) is 27.8. The van der Waals surface area contributed by atoms with E-state index in [0.29, 0.717) is 56.3 Å². The first-order chi connectivity index (χ1) is 35.9. The van der Waals surface area contributed by atoms with Crippen molar-refractivity contribution in [3.8, 4) is 22.6 Å². The van der Waals surface area contributed by atoms with Crippen molar-refractivity contribution in [2.24, 2.45) is 11.8 Å². The van der Waals surface area contributed by atoms with Crippen molar-refractivity contribution >= 4 is 67.1 Å². The third-order valence-corrected chi connectivity index (χ3v) is 12.5. The van der Waals surface area contributed by atoms with Crippen LogP contribution in [0.15, 0.2) is 103 Å². The van der Waals surface area contributed by atoms with Crippen LogP contribution in [0.4, 0.5) is 8.99 Å². The molecule has 5 rings (SSSR count). The molecule has 0 aromatic heterocycles. The van der Waals surface area contributed by atoms with Crippen LogP contribution in [0.1, 0.15) is 99.0 Å². The Balaban J connectivity index is 1.39. The van der Waals surface area contributed by atoms with Crippen LogP contribution in [-0.2, 0) is 30.5 Å². The molecule has 4 amide bonds. The quantitative estimate of drug-likeness (QED) is 0.00795. The summed E-state index contributed by atoms with van der Waals surface area (Å²) in [4.78, 5) is 55.5. The number of nitrogens with one attached hydrogen (secondary N) is 7. The molecule has 75 heavy (non-hydrogen) atoms. The monoisotopic (exact) mass is 1050 g/mol. The molecule has 404 valence electrons. The lowest BCUT2D eigenvalue weighted by Gasteiger charge is -2.27. The molecule has 0 radical (unpaired) electrons. The summed E-state index contributed by atoms with van der Waals surface area (Å²) in [5, 5.41) is 28.8. The average molecular weight is 1050 g/mol. The fourth-order valence-electron chi connectivity index (χ4n) is 8.48. The van der Waals surface area contributed by atoms with E-state index in [2.05, 4.69) is 65.4 Å². The lowest BCUT2D eigenvalue weighted by Crippen LogP contribution is -2.56. The minimum absolute atomic E-state index is 0.152. The number of carbonyl (C=O) groups is 4. The van der Waals surface area contributed by atoms with Gasteiger partial charge in [-0.3, -0.25) is 19.8 Å². The van der Waals surface area contributed by atoms with Gasteiger partial charge in [0, 0.05) is 24.2 Å². The third kappa shape index (κ3) is 20.7. The van der Waals surface area contributed by atoms with Crippen molar-refractivity contribution in [1.29, 1.82) is 5.41 Å². The van der Waals surface area contributed by atoms with Gasteiger partial charge in [0.2, 0.25) is 19.4 Å². The second-order valence-corrected chi connectivity index (χ2v) is 21.8. The van der Waals surface area contributed by atoms with E-state index in [1.807, 2.05) is 97.1 Å². The Morgan fingerprint density at radius 2 is 1.24 bits per heavy atom. The molecule has 18 heteroatoms. The normalized spacial score (nSPS) is 13.1. The Morgan fingerprint density at radius 1 is 0.667 bits per heavy atom. The number of halogens is 1. The number of benzene rings is 5. The van der Waals surface area contributed by atoms with Gasteiger partial charge in [0.1, 0.15) is 37.4 Å². The predicted molar refractivity (Wildman–Crippen MR) is 301 cm³/mol. The lowest BCUT2D eigenvalue weighted by atomic mass is 9.92. The zero-order chi connectivity index (χ0) is 54.3. The predicted octanol–water partition coefficient (Wildman–Crippen LogP) is 9.60. The summed E-state index contributed by atoms with van der Waals surface area (Å²) in [6.07, 6.45) is 2.40. The van der Waals surface area contributed by atoms with Crippen molar-refractivity contribution in [3.63, 3.8) is 0 Å². The maximum absolute atomic E-state index is 14.6. The van der Waals surface area contributed by atoms with Crippen LogP contribution in [0, 0.1) is 17.2 Å². The van der Waals surface area contributed by atoms with Gasteiger partial charge in [-0.05, 0) is 117 Å². The minimum atomic E-state index is -2.06. The van der Waals surface area contributed by atoms with E-state index in [0.717, 1.165) is 44.7 Å². The molecule has 0 aliphatic rings. The van der Waals surface area contributed by atoms with Gasteiger partial charge in [0.25, 0.3) is 5.91 Å². The highest BCUT2D eigenvalue weighted by Crippen LogP contribution is 2.45. The Bertz CT molecular complexity index is 2640. The van der Waals surface area contributed by atoms with Gasteiger partial charge in [-0.1, -0.05) is 119 Å². The largest absolute Gasteiger partial charge is 0.493 e. The molecular weight excluding hydrogens is 971 g/mol. The number of rotatable bonds is 29. The van der Waals surface area contributed by atoms with Crippen molar-refractivity contribution in [2.45, 2.75) is 124 Å². The number of hydrogen-bond donors (Lipinski definition) is 7. The maximum atomic E-state index is 14.6. The Hall–Kier alpha value is -6.45. The van der Waals surface area contributed by atoms with Gasteiger partial charge < -0.3 is 50.6 Å². The van der Waals surface area contributed by atoms with Crippen LogP contribution >= 0.6 is 8.26 Å². The zero-order valence-corrected chi connectivity index (χ0v) is 45.9. The van der Waals surface area contributed by atoms with Crippen molar-refractivity contribution in [2.75, 3.05) is 32.9 Å². The van der Waals surface area contributed by atoms with Crippen LogP contribution in [0.25, 0.3) is 32.7 Å². The summed E-state index contributed by atoms with van der Waals surface area (Å²) in [6, 6.07) is 31.0.